The molecule has 0 aliphatic carbocycles. The van der Waals surface area contributed by atoms with Crippen molar-refractivity contribution in [3.05, 3.63) is 51.4 Å². The molecule has 1 amide bonds. The maximum absolute atomic E-state index is 11.3. The van der Waals surface area contributed by atoms with E-state index in [0.29, 0.717) is 13.0 Å². The highest BCUT2D eigenvalue weighted by Gasteiger charge is 2.09. The minimum Gasteiger partial charge on any atom is -0.381 e. The molecule has 0 fully saturated rings. The quantitative estimate of drug-likeness (QED) is 0.630. The van der Waals surface area contributed by atoms with Crippen LogP contribution in [0.1, 0.15) is 18.9 Å². The van der Waals surface area contributed by atoms with E-state index in [2.05, 4.69) is 10.6 Å². The van der Waals surface area contributed by atoms with Crippen LogP contribution in [0.15, 0.2) is 35.7 Å². The summed E-state index contributed by atoms with van der Waals surface area (Å²) in [6.45, 7) is 2.29. The Kier molecular flexibility index (Phi) is 4.89. The van der Waals surface area contributed by atoms with E-state index in [-0.39, 0.29) is 10.9 Å². The van der Waals surface area contributed by atoms with E-state index >= 15 is 0 Å². The Morgan fingerprint density at radius 2 is 2.10 bits per heavy atom. The van der Waals surface area contributed by atoms with Crippen LogP contribution >= 0.6 is 11.3 Å². The number of rotatable bonds is 6. The molecule has 0 bridgehead atoms. The molecule has 1 aromatic carbocycles. The van der Waals surface area contributed by atoms with Gasteiger partial charge in [0, 0.05) is 35.8 Å². The van der Waals surface area contributed by atoms with Gasteiger partial charge in [0.15, 0.2) is 0 Å². The third-order valence-electron chi connectivity index (χ3n) is 2.78. The van der Waals surface area contributed by atoms with Crippen molar-refractivity contribution < 1.29 is 9.72 Å². The molecule has 2 rings (SSSR count). The lowest BCUT2D eigenvalue weighted by Gasteiger charge is -2.08. The second-order valence-corrected chi connectivity index (χ2v) is 5.28. The first kappa shape index (κ1) is 15.0. The van der Waals surface area contributed by atoms with Crippen LogP contribution < -0.4 is 10.6 Å². The fraction of sp³-hybridized carbons (Fsp3) is 0.214. The van der Waals surface area contributed by atoms with Crippen molar-refractivity contribution in [2.45, 2.75) is 19.9 Å². The smallest absolute Gasteiger partial charge is 0.324 e. The first-order chi connectivity index (χ1) is 10.1. The lowest BCUT2D eigenvalue weighted by atomic mass is 10.2. The molecule has 0 saturated heterocycles. The Morgan fingerprint density at radius 1 is 1.33 bits per heavy atom. The van der Waals surface area contributed by atoms with E-state index in [1.54, 1.807) is 18.4 Å². The summed E-state index contributed by atoms with van der Waals surface area (Å²) in [6.07, 6.45) is 0.427. The van der Waals surface area contributed by atoms with Gasteiger partial charge in [-0.1, -0.05) is 24.3 Å². The van der Waals surface area contributed by atoms with Crippen LogP contribution in [-0.2, 0) is 11.3 Å². The Balaban J connectivity index is 1.97. The topological polar surface area (TPSA) is 84.3 Å². The molecule has 2 aromatic rings. The van der Waals surface area contributed by atoms with E-state index in [0.717, 1.165) is 28.3 Å². The third kappa shape index (κ3) is 4.28. The van der Waals surface area contributed by atoms with Crippen LogP contribution in [0.25, 0.3) is 0 Å². The van der Waals surface area contributed by atoms with Crippen LogP contribution in [0.3, 0.4) is 0 Å². The van der Waals surface area contributed by atoms with Gasteiger partial charge in [-0.15, -0.1) is 0 Å². The summed E-state index contributed by atoms with van der Waals surface area (Å²) in [5.74, 6) is -0.0411. The fourth-order valence-corrected chi connectivity index (χ4v) is 2.44. The van der Waals surface area contributed by atoms with Crippen LogP contribution in [0.2, 0.25) is 0 Å². The van der Waals surface area contributed by atoms with Gasteiger partial charge in [-0.25, -0.2) is 0 Å². The van der Waals surface area contributed by atoms with Crippen molar-refractivity contribution in [1.82, 2.24) is 0 Å². The molecule has 2 N–H and O–H groups in total. The van der Waals surface area contributed by atoms with Crippen LogP contribution in [-0.4, -0.2) is 10.8 Å². The number of amides is 1. The second kappa shape index (κ2) is 6.85. The van der Waals surface area contributed by atoms with Crippen molar-refractivity contribution in [3.8, 4) is 0 Å². The lowest BCUT2D eigenvalue weighted by molar-refractivity contribution is -0.380. The number of benzene rings is 1. The molecular formula is C14H15N3O3S. The van der Waals surface area contributed by atoms with Crippen molar-refractivity contribution >= 4 is 33.6 Å². The van der Waals surface area contributed by atoms with Gasteiger partial charge in [-0.2, -0.15) is 0 Å². The zero-order valence-electron chi connectivity index (χ0n) is 11.5. The van der Waals surface area contributed by atoms with Gasteiger partial charge in [0.05, 0.1) is 4.92 Å². The van der Waals surface area contributed by atoms with Gasteiger partial charge in [-0.05, 0) is 23.8 Å². The predicted molar refractivity (Wildman–Crippen MR) is 83.7 cm³/mol. The molecule has 1 heterocycles. The van der Waals surface area contributed by atoms with Crippen molar-refractivity contribution in [2.75, 3.05) is 10.6 Å². The lowest BCUT2D eigenvalue weighted by Crippen LogP contribution is -2.09. The second-order valence-electron chi connectivity index (χ2n) is 4.39. The van der Waals surface area contributed by atoms with Crippen molar-refractivity contribution in [2.24, 2.45) is 0 Å². The zero-order valence-corrected chi connectivity index (χ0v) is 12.3. The molecule has 0 spiro atoms. The fourth-order valence-electron chi connectivity index (χ4n) is 1.71. The SMILES string of the molecule is CCC(=O)Nc1cccc(NCc2csc([N+](=O)[O-])c2)c1. The van der Waals surface area contributed by atoms with Crippen LogP contribution in [0, 0.1) is 10.1 Å². The first-order valence-electron chi connectivity index (χ1n) is 6.44. The number of nitrogens with zero attached hydrogens (tertiary/aromatic N) is 1. The number of anilines is 2. The van der Waals surface area contributed by atoms with Gasteiger partial charge in [0.2, 0.25) is 5.91 Å². The number of carbonyl (C=O) groups excluding carboxylic acids is 1. The number of nitro groups is 1. The summed E-state index contributed by atoms with van der Waals surface area (Å²) in [5, 5.41) is 18.5. The highest BCUT2D eigenvalue weighted by Crippen LogP contribution is 2.23. The maximum Gasteiger partial charge on any atom is 0.324 e. The normalized spacial score (nSPS) is 10.1. The van der Waals surface area contributed by atoms with Gasteiger partial charge >= 0.3 is 5.00 Å². The van der Waals surface area contributed by atoms with Crippen molar-refractivity contribution in [3.63, 3.8) is 0 Å². The number of nitrogens with one attached hydrogen (secondary N) is 2. The van der Waals surface area contributed by atoms with E-state index < -0.39 is 4.92 Å². The molecular weight excluding hydrogens is 290 g/mol. The predicted octanol–water partition coefficient (Wildman–Crippen LogP) is 3.62. The minimum atomic E-state index is -0.394. The summed E-state index contributed by atoms with van der Waals surface area (Å²) >= 11 is 1.11. The molecule has 6 nitrogen and oxygen atoms in total. The van der Waals surface area contributed by atoms with Gasteiger partial charge in [0.25, 0.3) is 0 Å². The molecule has 0 radical (unpaired) electrons. The van der Waals surface area contributed by atoms with Crippen LogP contribution in [0.4, 0.5) is 16.4 Å². The minimum absolute atomic E-state index is 0.0411. The monoisotopic (exact) mass is 305 g/mol. The first-order valence-corrected chi connectivity index (χ1v) is 7.32. The van der Waals surface area contributed by atoms with Crippen LogP contribution in [0.5, 0.6) is 0 Å². The summed E-state index contributed by atoms with van der Waals surface area (Å²) in [7, 11) is 0. The highest BCUT2D eigenvalue weighted by molar-refractivity contribution is 7.13. The van der Waals surface area contributed by atoms with Crippen molar-refractivity contribution in [1.29, 1.82) is 0 Å². The van der Waals surface area contributed by atoms with Gasteiger partial charge < -0.3 is 10.6 Å². The standard InChI is InChI=1S/C14H15N3O3S/c1-2-13(18)16-12-5-3-4-11(7-12)15-8-10-6-14(17(19)20)21-9-10/h3-7,9,15H,2,8H2,1H3,(H,16,18). The molecule has 1 aromatic heterocycles. The number of carbonyl (C=O) groups is 1. The highest BCUT2D eigenvalue weighted by atomic mass is 32.1. The molecule has 110 valence electrons. The van der Waals surface area contributed by atoms with E-state index in [1.165, 1.54) is 0 Å². The summed E-state index contributed by atoms with van der Waals surface area (Å²) in [6, 6.07) is 8.91. The molecule has 0 aliphatic heterocycles. The molecule has 7 heteroatoms. The zero-order chi connectivity index (χ0) is 15.2. The average Bonchev–Trinajstić information content (AvgIpc) is 2.94. The molecule has 21 heavy (non-hydrogen) atoms. The van der Waals surface area contributed by atoms with Gasteiger partial charge in [-0.3, -0.25) is 14.9 Å². The summed E-state index contributed by atoms with van der Waals surface area (Å²) < 4.78 is 0. The molecule has 0 unspecified atom stereocenters. The average molecular weight is 305 g/mol. The van der Waals surface area contributed by atoms with Gasteiger partial charge in [0.1, 0.15) is 0 Å². The number of hydrogen-bond acceptors (Lipinski definition) is 5. The number of thiophene rings is 1. The third-order valence-corrected chi connectivity index (χ3v) is 3.71. The summed E-state index contributed by atoms with van der Waals surface area (Å²) in [5.41, 5.74) is 2.43. The molecule has 0 atom stereocenters. The largest absolute Gasteiger partial charge is 0.381 e. The molecule has 0 aliphatic rings. The Morgan fingerprint density at radius 3 is 2.76 bits per heavy atom. The Labute approximate surface area is 126 Å². The summed E-state index contributed by atoms with van der Waals surface area (Å²) in [4.78, 5) is 21.6. The Hall–Kier alpha value is -2.41. The van der Waals surface area contributed by atoms with E-state index in [1.807, 2.05) is 24.3 Å². The maximum atomic E-state index is 11.3. The van der Waals surface area contributed by atoms with E-state index in [4.69, 9.17) is 0 Å². The Bertz CT molecular complexity index is 654. The number of hydrogen-bond donors (Lipinski definition) is 2. The van der Waals surface area contributed by atoms with E-state index in [9.17, 15) is 14.9 Å². The molecule has 0 saturated carbocycles.